The average Bonchev–Trinajstić information content (AvgIpc) is 2.50. The highest BCUT2D eigenvalue weighted by Gasteiger charge is 2.40. The Bertz CT molecular complexity index is 518. The van der Waals surface area contributed by atoms with Crippen LogP contribution in [0.4, 0.5) is 4.39 Å². The topological polar surface area (TPSA) is 55.6 Å². The van der Waals surface area contributed by atoms with Gasteiger partial charge >= 0.3 is 0 Å². The Morgan fingerprint density at radius 3 is 2.76 bits per heavy atom. The van der Waals surface area contributed by atoms with E-state index in [4.69, 9.17) is 10.5 Å². The van der Waals surface area contributed by atoms with Crippen LogP contribution in [0.1, 0.15) is 18.4 Å². The van der Waals surface area contributed by atoms with Gasteiger partial charge in [0.1, 0.15) is 5.82 Å². The highest BCUT2D eigenvalue weighted by atomic mass is 79.9. The molecule has 6 heteroatoms. The van der Waals surface area contributed by atoms with E-state index in [0.717, 1.165) is 4.47 Å². The predicted molar refractivity (Wildman–Crippen MR) is 82.1 cm³/mol. The first-order valence-electron chi connectivity index (χ1n) is 6.96. The van der Waals surface area contributed by atoms with E-state index < -0.39 is 5.41 Å². The molecule has 116 valence electrons. The van der Waals surface area contributed by atoms with E-state index in [2.05, 4.69) is 15.9 Å². The molecule has 1 amide bonds. The fourth-order valence-corrected chi connectivity index (χ4v) is 3.07. The molecule has 1 aliphatic heterocycles. The molecule has 0 spiro atoms. The Morgan fingerprint density at radius 1 is 1.48 bits per heavy atom. The third-order valence-corrected chi connectivity index (χ3v) is 4.55. The predicted octanol–water partition coefficient (Wildman–Crippen LogP) is 2.30. The van der Waals surface area contributed by atoms with Crippen LogP contribution in [0.2, 0.25) is 0 Å². The van der Waals surface area contributed by atoms with Crippen molar-refractivity contribution in [3.63, 3.8) is 0 Å². The highest BCUT2D eigenvalue weighted by molar-refractivity contribution is 9.10. The van der Waals surface area contributed by atoms with Gasteiger partial charge in [0.15, 0.2) is 0 Å². The molecule has 1 aliphatic rings. The van der Waals surface area contributed by atoms with Crippen molar-refractivity contribution in [1.82, 2.24) is 4.90 Å². The van der Waals surface area contributed by atoms with Crippen LogP contribution in [0.25, 0.3) is 0 Å². The second-order valence-electron chi connectivity index (χ2n) is 5.49. The first-order chi connectivity index (χ1) is 9.98. The van der Waals surface area contributed by atoms with Gasteiger partial charge in [-0.3, -0.25) is 4.79 Å². The van der Waals surface area contributed by atoms with Crippen LogP contribution >= 0.6 is 15.9 Å². The molecular weight excluding hydrogens is 339 g/mol. The van der Waals surface area contributed by atoms with Crippen molar-refractivity contribution < 1.29 is 13.9 Å². The molecule has 4 nitrogen and oxygen atoms in total. The Kier molecular flexibility index (Phi) is 5.35. The zero-order chi connectivity index (χ0) is 15.5. The summed E-state index contributed by atoms with van der Waals surface area (Å²) in [4.78, 5) is 14.3. The number of carbonyl (C=O) groups excluding carboxylic acids is 1. The normalized spacial score (nSPS) is 17.5. The van der Waals surface area contributed by atoms with E-state index in [1.165, 1.54) is 6.07 Å². The third-order valence-electron chi connectivity index (χ3n) is 4.06. The van der Waals surface area contributed by atoms with Crippen LogP contribution in [0.3, 0.4) is 0 Å². The van der Waals surface area contributed by atoms with Crippen molar-refractivity contribution in [2.24, 2.45) is 11.1 Å². The quantitative estimate of drug-likeness (QED) is 0.898. The molecular formula is C15H20BrFN2O2. The SMILES string of the molecule is CN(Cc1cc(Br)ccc1F)C(=O)C1(CN)CCOCC1. The molecule has 0 unspecified atom stereocenters. The minimum atomic E-state index is -0.574. The lowest BCUT2D eigenvalue weighted by Crippen LogP contribution is -2.49. The summed E-state index contributed by atoms with van der Waals surface area (Å²) in [6.07, 6.45) is 1.24. The maximum absolute atomic E-state index is 13.8. The molecule has 0 atom stereocenters. The van der Waals surface area contributed by atoms with Gasteiger partial charge in [0.25, 0.3) is 0 Å². The van der Waals surface area contributed by atoms with Gasteiger partial charge in [-0.1, -0.05) is 15.9 Å². The molecule has 1 saturated heterocycles. The molecule has 21 heavy (non-hydrogen) atoms. The Hall–Kier alpha value is -0.980. The van der Waals surface area contributed by atoms with Crippen molar-refractivity contribution in [3.05, 3.63) is 34.1 Å². The number of amides is 1. The molecule has 1 aromatic rings. The molecule has 2 rings (SSSR count). The Balaban J connectivity index is 2.13. The average molecular weight is 359 g/mol. The summed E-state index contributed by atoms with van der Waals surface area (Å²) in [5.74, 6) is -0.348. The van der Waals surface area contributed by atoms with Crippen LogP contribution in [-0.2, 0) is 16.1 Å². The second kappa shape index (κ2) is 6.85. The summed E-state index contributed by atoms with van der Waals surface area (Å²) in [6.45, 7) is 1.61. The van der Waals surface area contributed by atoms with E-state index in [1.54, 1.807) is 24.1 Å². The second-order valence-corrected chi connectivity index (χ2v) is 6.41. The van der Waals surface area contributed by atoms with Crippen LogP contribution in [0.5, 0.6) is 0 Å². The van der Waals surface area contributed by atoms with E-state index in [-0.39, 0.29) is 18.3 Å². The highest BCUT2D eigenvalue weighted by Crippen LogP contribution is 2.32. The van der Waals surface area contributed by atoms with Gasteiger partial charge in [-0.25, -0.2) is 4.39 Å². The minimum absolute atomic E-state index is 0.0346. The smallest absolute Gasteiger partial charge is 0.230 e. The number of nitrogens with two attached hydrogens (primary N) is 1. The van der Waals surface area contributed by atoms with E-state index >= 15 is 0 Å². The van der Waals surface area contributed by atoms with Gasteiger partial charge in [-0.15, -0.1) is 0 Å². The molecule has 0 aromatic heterocycles. The monoisotopic (exact) mass is 358 g/mol. The Morgan fingerprint density at radius 2 is 2.14 bits per heavy atom. The van der Waals surface area contributed by atoms with Gasteiger partial charge < -0.3 is 15.4 Å². The van der Waals surface area contributed by atoms with Crippen LogP contribution < -0.4 is 5.73 Å². The molecule has 1 fully saturated rings. The van der Waals surface area contributed by atoms with Crippen molar-refractivity contribution in [3.8, 4) is 0 Å². The molecule has 0 saturated carbocycles. The molecule has 1 heterocycles. The number of carbonyl (C=O) groups is 1. The number of hydrogen-bond acceptors (Lipinski definition) is 3. The summed E-state index contributed by atoms with van der Waals surface area (Å²) >= 11 is 3.32. The number of benzene rings is 1. The lowest BCUT2D eigenvalue weighted by atomic mass is 9.79. The van der Waals surface area contributed by atoms with Gasteiger partial charge in [0.05, 0.1) is 5.41 Å². The number of rotatable bonds is 4. The van der Waals surface area contributed by atoms with E-state index in [9.17, 15) is 9.18 Å². The lowest BCUT2D eigenvalue weighted by molar-refractivity contribution is -0.146. The summed E-state index contributed by atoms with van der Waals surface area (Å²) in [7, 11) is 1.69. The lowest BCUT2D eigenvalue weighted by Gasteiger charge is -2.37. The fraction of sp³-hybridized carbons (Fsp3) is 0.533. The van der Waals surface area contributed by atoms with Crippen LogP contribution in [0.15, 0.2) is 22.7 Å². The van der Waals surface area contributed by atoms with Crippen molar-refractivity contribution in [2.75, 3.05) is 26.8 Å². The summed E-state index contributed by atoms with van der Waals surface area (Å²) in [5, 5.41) is 0. The standard InChI is InChI=1S/C15H20BrFN2O2/c1-19(9-11-8-12(16)2-3-13(11)17)14(20)15(10-18)4-6-21-7-5-15/h2-3,8H,4-7,9-10,18H2,1H3. The van der Waals surface area contributed by atoms with Gasteiger partial charge in [-0.2, -0.15) is 0 Å². The summed E-state index contributed by atoms with van der Waals surface area (Å²) in [6, 6.07) is 4.73. The molecule has 1 aromatic carbocycles. The number of ether oxygens (including phenoxy) is 1. The third kappa shape index (κ3) is 3.62. The first-order valence-corrected chi connectivity index (χ1v) is 7.75. The largest absolute Gasteiger partial charge is 0.381 e. The molecule has 0 radical (unpaired) electrons. The fourth-order valence-electron chi connectivity index (χ4n) is 2.66. The maximum atomic E-state index is 13.8. The van der Waals surface area contributed by atoms with Gasteiger partial charge in [0.2, 0.25) is 5.91 Å². The zero-order valence-corrected chi connectivity index (χ0v) is 13.7. The molecule has 2 N–H and O–H groups in total. The van der Waals surface area contributed by atoms with Crippen LogP contribution in [0, 0.1) is 11.2 Å². The Labute approximate surface area is 132 Å². The summed E-state index contributed by atoms with van der Waals surface area (Å²) in [5.41, 5.74) is 5.75. The number of hydrogen-bond donors (Lipinski definition) is 1. The van der Waals surface area contributed by atoms with E-state index in [0.29, 0.717) is 38.2 Å². The van der Waals surface area contributed by atoms with Gasteiger partial charge in [-0.05, 0) is 31.0 Å². The van der Waals surface area contributed by atoms with Crippen molar-refractivity contribution >= 4 is 21.8 Å². The number of halogens is 2. The minimum Gasteiger partial charge on any atom is -0.381 e. The van der Waals surface area contributed by atoms with Crippen molar-refractivity contribution in [2.45, 2.75) is 19.4 Å². The number of nitrogens with zero attached hydrogens (tertiary/aromatic N) is 1. The van der Waals surface area contributed by atoms with Gasteiger partial charge in [0, 0.05) is 43.4 Å². The molecule has 0 aliphatic carbocycles. The van der Waals surface area contributed by atoms with Crippen LogP contribution in [-0.4, -0.2) is 37.6 Å². The summed E-state index contributed by atoms with van der Waals surface area (Å²) < 4.78 is 19.9. The maximum Gasteiger partial charge on any atom is 0.230 e. The van der Waals surface area contributed by atoms with Crippen molar-refractivity contribution in [1.29, 1.82) is 0 Å². The van der Waals surface area contributed by atoms with E-state index in [1.807, 2.05) is 0 Å². The zero-order valence-electron chi connectivity index (χ0n) is 12.1. The molecule has 0 bridgehead atoms. The first kappa shape index (κ1) is 16.4.